The molecule has 0 rings (SSSR count). The van der Waals surface area contributed by atoms with Gasteiger partial charge in [-0.25, -0.2) is 0 Å². The Morgan fingerprint density at radius 3 is 2.12 bits per heavy atom. The Hall–Kier alpha value is -0.980. The summed E-state index contributed by atoms with van der Waals surface area (Å²) in [5, 5.41) is 8.40. The lowest BCUT2D eigenvalue weighted by Crippen LogP contribution is -1.75. The second kappa shape index (κ2) is 3.08. The molecule has 0 amide bonds. The van der Waals surface area contributed by atoms with Crippen molar-refractivity contribution in [2.75, 3.05) is 0 Å². The van der Waals surface area contributed by atoms with Crippen molar-refractivity contribution in [3.8, 4) is 0 Å². The van der Waals surface area contributed by atoms with Crippen molar-refractivity contribution in [3.63, 3.8) is 0 Å². The van der Waals surface area contributed by atoms with Crippen molar-refractivity contribution in [1.82, 2.24) is 0 Å². The second-order valence-electron chi connectivity index (χ2n) is 1.57. The first-order chi connectivity index (χ1) is 3.72. The normalized spacial score (nSPS) is 10.9. The van der Waals surface area contributed by atoms with E-state index >= 15 is 0 Å². The number of hydrogen-bond donors (Lipinski definition) is 1. The van der Waals surface area contributed by atoms with Gasteiger partial charge in [0.05, 0.1) is 6.26 Å². The van der Waals surface area contributed by atoms with E-state index in [0.717, 1.165) is 11.8 Å². The predicted octanol–water partition coefficient (Wildman–Crippen LogP) is 2.19. The lowest BCUT2D eigenvalue weighted by molar-refractivity contribution is 0.470. The smallest absolute Gasteiger partial charge is 0.0866 e. The maximum Gasteiger partial charge on any atom is 0.0866 e. The largest absolute Gasteiger partial charge is 0.515 e. The fourth-order valence-corrected chi connectivity index (χ4v) is 0.337. The van der Waals surface area contributed by atoms with Crippen LogP contribution in [0.1, 0.15) is 6.92 Å². The van der Waals surface area contributed by atoms with Crippen LogP contribution in [0.2, 0.25) is 0 Å². The summed E-state index contributed by atoms with van der Waals surface area (Å²) in [4.78, 5) is 0. The molecule has 0 bridgehead atoms. The molecule has 0 aliphatic carbocycles. The van der Waals surface area contributed by atoms with Gasteiger partial charge in [-0.1, -0.05) is 19.2 Å². The van der Waals surface area contributed by atoms with Crippen LogP contribution < -0.4 is 0 Å². The van der Waals surface area contributed by atoms with E-state index in [1.165, 1.54) is 0 Å². The van der Waals surface area contributed by atoms with Crippen LogP contribution in [0.4, 0.5) is 0 Å². The molecule has 0 aliphatic heterocycles. The molecule has 8 heavy (non-hydrogen) atoms. The van der Waals surface area contributed by atoms with Gasteiger partial charge in [0.15, 0.2) is 0 Å². The summed E-state index contributed by atoms with van der Waals surface area (Å²) in [6, 6.07) is 0. The van der Waals surface area contributed by atoms with Crippen LogP contribution in [0, 0.1) is 0 Å². The Morgan fingerprint density at radius 2 is 2.12 bits per heavy atom. The zero-order valence-electron chi connectivity index (χ0n) is 5.02. The maximum atomic E-state index is 8.40. The molecule has 0 unspecified atom stereocenters. The number of rotatable bonds is 2. The topological polar surface area (TPSA) is 20.2 Å². The van der Waals surface area contributed by atoms with Crippen molar-refractivity contribution >= 4 is 0 Å². The van der Waals surface area contributed by atoms with Gasteiger partial charge in [-0.15, -0.1) is 0 Å². The highest BCUT2D eigenvalue weighted by molar-refractivity contribution is 5.33. The van der Waals surface area contributed by atoms with Gasteiger partial charge < -0.3 is 5.11 Å². The molecule has 0 radical (unpaired) electrons. The Bertz CT molecular complexity index is 131. The fourth-order valence-electron chi connectivity index (χ4n) is 0.337. The third kappa shape index (κ3) is 1.65. The second-order valence-corrected chi connectivity index (χ2v) is 1.57. The van der Waals surface area contributed by atoms with Crippen LogP contribution in [0.3, 0.4) is 0 Å². The summed E-state index contributed by atoms with van der Waals surface area (Å²) < 4.78 is 0. The zero-order chi connectivity index (χ0) is 6.57. The SMILES string of the molecule is C=CC(=CO)C(=C)C. The molecule has 0 aromatic rings. The van der Waals surface area contributed by atoms with Gasteiger partial charge >= 0.3 is 0 Å². The average Bonchev–Trinajstić information content (AvgIpc) is 1.69. The predicted molar refractivity (Wildman–Crippen MR) is 35.7 cm³/mol. The van der Waals surface area contributed by atoms with Crippen LogP contribution in [0.15, 0.2) is 36.6 Å². The Morgan fingerprint density at radius 1 is 1.62 bits per heavy atom. The number of allylic oxidation sites excluding steroid dienone is 3. The van der Waals surface area contributed by atoms with E-state index < -0.39 is 0 Å². The van der Waals surface area contributed by atoms with Gasteiger partial charge in [0.25, 0.3) is 0 Å². The average molecular weight is 110 g/mol. The summed E-state index contributed by atoms with van der Waals surface area (Å²) >= 11 is 0. The molecule has 1 nitrogen and oxygen atoms in total. The van der Waals surface area contributed by atoms with E-state index in [1.807, 2.05) is 6.92 Å². The molecule has 44 valence electrons. The van der Waals surface area contributed by atoms with Crippen molar-refractivity contribution in [1.29, 1.82) is 0 Å². The number of hydrogen-bond acceptors (Lipinski definition) is 1. The van der Waals surface area contributed by atoms with Crippen LogP contribution >= 0.6 is 0 Å². The first-order valence-electron chi connectivity index (χ1n) is 2.35. The van der Waals surface area contributed by atoms with Crippen LogP contribution in [-0.2, 0) is 0 Å². The van der Waals surface area contributed by atoms with E-state index in [2.05, 4.69) is 13.2 Å². The molecule has 1 N–H and O–H groups in total. The number of aliphatic hydroxyl groups is 1. The molecule has 0 saturated heterocycles. The lowest BCUT2D eigenvalue weighted by atomic mass is 10.1. The Kier molecular flexibility index (Phi) is 2.70. The van der Waals surface area contributed by atoms with Crippen molar-refractivity contribution in [2.45, 2.75) is 6.92 Å². The van der Waals surface area contributed by atoms with Crippen LogP contribution in [-0.4, -0.2) is 5.11 Å². The summed E-state index contributed by atoms with van der Waals surface area (Å²) in [7, 11) is 0. The van der Waals surface area contributed by atoms with Crippen molar-refractivity contribution in [2.24, 2.45) is 0 Å². The first-order valence-corrected chi connectivity index (χ1v) is 2.35. The van der Waals surface area contributed by atoms with E-state index in [9.17, 15) is 0 Å². The lowest BCUT2D eigenvalue weighted by Gasteiger charge is -1.93. The molecule has 0 fully saturated rings. The molecule has 0 aromatic carbocycles. The van der Waals surface area contributed by atoms with Crippen molar-refractivity contribution < 1.29 is 5.11 Å². The zero-order valence-corrected chi connectivity index (χ0v) is 5.02. The molecule has 0 saturated carbocycles. The molecule has 0 atom stereocenters. The van der Waals surface area contributed by atoms with E-state index in [1.54, 1.807) is 6.08 Å². The Balaban J connectivity index is 4.13. The van der Waals surface area contributed by atoms with Crippen LogP contribution in [0.5, 0.6) is 0 Å². The summed E-state index contributed by atoms with van der Waals surface area (Å²) in [6.07, 6.45) is 2.55. The Labute approximate surface area is 49.7 Å². The van der Waals surface area contributed by atoms with Gasteiger partial charge in [-0.3, -0.25) is 0 Å². The molecular weight excluding hydrogens is 100 g/mol. The highest BCUT2D eigenvalue weighted by Crippen LogP contribution is 2.04. The molecular formula is C7H10O. The van der Waals surface area contributed by atoms with Gasteiger partial charge in [0.2, 0.25) is 0 Å². The minimum atomic E-state index is 0.685. The third-order valence-electron chi connectivity index (χ3n) is 0.852. The quantitative estimate of drug-likeness (QED) is 0.426. The van der Waals surface area contributed by atoms with E-state index in [-0.39, 0.29) is 0 Å². The first kappa shape index (κ1) is 7.02. The van der Waals surface area contributed by atoms with Gasteiger partial charge in [0, 0.05) is 5.57 Å². The van der Waals surface area contributed by atoms with E-state index in [0.29, 0.717) is 5.57 Å². The maximum absolute atomic E-state index is 8.40. The monoisotopic (exact) mass is 110 g/mol. The van der Waals surface area contributed by atoms with Gasteiger partial charge in [-0.2, -0.15) is 0 Å². The molecule has 0 heterocycles. The van der Waals surface area contributed by atoms with E-state index in [4.69, 9.17) is 5.11 Å². The fraction of sp³-hybridized carbons (Fsp3) is 0.143. The summed E-state index contributed by atoms with van der Waals surface area (Å²) in [5.74, 6) is 0. The molecule has 0 aromatic heterocycles. The standard InChI is InChI=1S/C7H10O/c1-4-7(5-8)6(2)3/h4-5,8H,1-2H2,3H3. The summed E-state index contributed by atoms with van der Waals surface area (Å²) in [6.45, 7) is 8.87. The third-order valence-corrected chi connectivity index (χ3v) is 0.852. The van der Waals surface area contributed by atoms with Crippen LogP contribution in [0.25, 0.3) is 0 Å². The van der Waals surface area contributed by atoms with Gasteiger partial charge in [-0.05, 0) is 12.5 Å². The molecule has 1 heteroatoms. The van der Waals surface area contributed by atoms with Crippen molar-refractivity contribution in [3.05, 3.63) is 36.6 Å². The summed E-state index contributed by atoms with van der Waals surface area (Å²) in [5.41, 5.74) is 1.51. The molecule has 0 aliphatic rings. The minimum absolute atomic E-state index is 0.685. The highest BCUT2D eigenvalue weighted by atomic mass is 16.2. The van der Waals surface area contributed by atoms with Gasteiger partial charge in [0.1, 0.15) is 0 Å². The molecule has 0 spiro atoms. The highest BCUT2D eigenvalue weighted by Gasteiger charge is 1.87. The number of aliphatic hydroxyl groups excluding tert-OH is 1. The minimum Gasteiger partial charge on any atom is -0.515 e.